The van der Waals surface area contributed by atoms with Gasteiger partial charge in [0, 0.05) is 11.3 Å². The van der Waals surface area contributed by atoms with Crippen LogP contribution in [0.2, 0.25) is 0 Å². The molecule has 0 radical (unpaired) electrons. The minimum Gasteiger partial charge on any atom is -0.497 e. The maximum absolute atomic E-state index is 12.5. The molecule has 1 amide bonds. The largest absolute Gasteiger partial charge is 0.497 e. The van der Waals surface area contributed by atoms with E-state index >= 15 is 0 Å². The van der Waals surface area contributed by atoms with Gasteiger partial charge in [-0.2, -0.15) is 0 Å². The lowest BCUT2D eigenvalue weighted by Gasteiger charge is -2.22. The predicted octanol–water partition coefficient (Wildman–Crippen LogP) is 3.01. The van der Waals surface area contributed by atoms with Gasteiger partial charge in [0.05, 0.1) is 13.7 Å². The van der Waals surface area contributed by atoms with Crippen LogP contribution in [0.3, 0.4) is 0 Å². The number of hydrogen-bond donors (Lipinski definition) is 0. The van der Waals surface area contributed by atoms with Crippen molar-refractivity contribution < 1.29 is 14.3 Å². The second-order valence-corrected chi connectivity index (χ2v) is 4.99. The molecule has 2 aromatic carbocycles. The van der Waals surface area contributed by atoms with Crippen LogP contribution in [0.4, 0.5) is 5.69 Å². The highest BCUT2D eigenvalue weighted by Gasteiger charge is 2.28. The van der Waals surface area contributed by atoms with Crippen molar-refractivity contribution in [2.45, 2.75) is 19.6 Å². The molecule has 108 valence electrons. The number of rotatable bonds is 2. The van der Waals surface area contributed by atoms with Crippen LogP contribution in [0.1, 0.15) is 12.5 Å². The first-order valence-electron chi connectivity index (χ1n) is 6.89. The summed E-state index contributed by atoms with van der Waals surface area (Å²) in [7, 11) is 1.62. The molecule has 0 bridgehead atoms. The molecule has 4 nitrogen and oxygen atoms in total. The van der Waals surface area contributed by atoms with Gasteiger partial charge in [-0.15, -0.1) is 0 Å². The third-order valence-electron chi connectivity index (χ3n) is 3.60. The smallest absolute Gasteiger partial charge is 0.268 e. The van der Waals surface area contributed by atoms with Crippen molar-refractivity contribution in [3.8, 4) is 11.5 Å². The average Bonchev–Trinajstić information content (AvgIpc) is 2.65. The van der Waals surface area contributed by atoms with Gasteiger partial charge in [-0.3, -0.25) is 4.79 Å². The Morgan fingerprint density at radius 3 is 2.57 bits per heavy atom. The Morgan fingerprint density at radius 1 is 1.14 bits per heavy atom. The van der Waals surface area contributed by atoms with Crippen LogP contribution in [0.15, 0.2) is 48.5 Å². The summed E-state index contributed by atoms with van der Waals surface area (Å²) in [6.07, 6.45) is -0.504. The molecule has 1 atom stereocenters. The number of fused-ring (bicyclic) bond motifs is 1. The Labute approximate surface area is 123 Å². The number of hydrogen-bond acceptors (Lipinski definition) is 3. The lowest BCUT2D eigenvalue weighted by molar-refractivity contribution is -0.124. The average molecular weight is 283 g/mol. The van der Waals surface area contributed by atoms with Crippen LogP contribution in [-0.4, -0.2) is 19.1 Å². The van der Waals surface area contributed by atoms with E-state index in [1.807, 2.05) is 48.5 Å². The fourth-order valence-corrected chi connectivity index (χ4v) is 2.44. The maximum Gasteiger partial charge on any atom is 0.268 e. The van der Waals surface area contributed by atoms with E-state index in [2.05, 4.69) is 0 Å². The Hall–Kier alpha value is -2.49. The molecule has 4 heteroatoms. The van der Waals surface area contributed by atoms with Crippen LogP contribution in [-0.2, 0) is 11.3 Å². The maximum atomic E-state index is 12.5. The van der Waals surface area contributed by atoms with Gasteiger partial charge in [0.2, 0.25) is 0 Å². The first-order valence-corrected chi connectivity index (χ1v) is 6.89. The van der Waals surface area contributed by atoms with Crippen molar-refractivity contribution in [2.75, 3.05) is 12.0 Å². The second kappa shape index (κ2) is 5.48. The van der Waals surface area contributed by atoms with Crippen molar-refractivity contribution in [1.29, 1.82) is 0 Å². The summed E-state index contributed by atoms with van der Waals surface area (Å²) in [6.45, 7) is 2.28. The predicted molar refractivity (Wildman–Crippen MR) is 80.7 cm³/mol. The summed E-state index contributed by atoms with van der Waals surface area (Å²) in [6, 6.07) is 15.2. The fourth-order valence-electron chi connectivity index (χ4n) is 2.44. The summed E-state index contributed by atoms with van der Waals surface area (Å²) in [5, 5.41) is 0. The first kappa shape index (κ1) is 13.5. The molecule has 0 fully saturated rings. The zero-order chi connectivity index (χ0) is 14.8. The highest BCUT2D eigenvalue weighted by atomic mass is 16.5. The number of anilines is 1. The monoisotopic (exact) mass is 283 g/mol. The van der Waals surface area contributed by atoms with Gasteiger partial charge < -0.3 is 14.4 Å². The lowest BCUT2D eigenvalue weighted by atomic mass is 10.1. The minimum atomic E-state index is -0.504. The van der Waals surface area contributed by atoms with Crippen molar-refractivity contribution in [1.82, 2.24) is 0 Å². The Kier molecular flexibility index (Phi) is 3.52. The summed E-state index contributed by atoms with van der Waals surface area (Å²) < 4.78 is 10.9. The highest BCUT2D eigenvalue weighted by Crippen LogP contribution is 2.29. The molecular formula is C17H17NO3. The summed E-state index contributed by atoms with van der Waals surface area (Å²) in [5.74, 6) is 1.50. The SMILES string of the molecule is COc1ccc(N2Cc3ccccc3O[C@@H](C)C2=O)cc1. The number of para-hydroxylation sites is 1. The van der Waals surface area contributed by atoms with Crippen LogP contribution < -0.4 is 14.4 Å². The minimum absolute atomic E-state index is 0.0450. The van der Waals surface area contributed by atoms with Crippen molar-refractivity contribution in [3.05, 3.63) is 54.1 Å². The second-order valence-electron chi connectivity index (χ2n) is 4.99. The first-order chi connectivity index (χ1) is 10.2. The summed E-state index contributed by atoms with van der Waals surface area (Å²) in [4.78, 5) is 14.3. The number of ether oxygens (including phenoxy) is 2. The fraction of sp³-hybridized carbons (Fsp3) is 0.235. The van der Waals surface area contributed by atoms with Crippen LogP contribution in [0.5, 0.6) is 11.5 Å². The van der Waals surface area contributed by atoms with E-state index in [-0.39, 0.29) is 5.91 Å². The van der Waals surface area contributed by atoms with Gasteiger partial charge in [-0.25, -0.2) is 0 Å². The number of amides is 1. The number of benzene rings is 2. The van der Waals surface area contributed by atoms with Gasteiger partial charge in [-0.05, 0) is 37.3 Å². The van der Waals surface area contributed by atoms with Crippen molar-refractivity contribution in [3.63, 3.8) is 0 Å². The Balaban J connectivity index is 1.98. The van der Waals surface area contributed by atoms with E-state index in [1.54, 1.807) is 18.9 Å². The quantitative estimate of drug-likeness (QED) is 0.850. The van der Waals surface area contributed by atoms with Gasteiger partial charge >= 0.3 is 0 Å². The molecule has 0 N–H and O–H groups in total. The van der Waals surface area contributed by atoms with E-state index in [1.165, 1.54) is 0 Å². The van der Waals surface area contributed by atoms with E-state index in [4.69, 9.17) is 9.47 Å². The van der Waals surface area contributed by atoms with Crippen LogP contribution in [0, 0.1) is 0 Å². The summed E-state index contributed by atoms with van der Waals surface area (Å²) >= 11 is 0. The number of carbonyl (C=O) groups is 1. The number of carbonyl (C=O) groups excluding carboxylic acids is 1. The molecule has 0 unspecified atom stereocenters. The number of methoxy groups -OCH3 is 1. The van der Waals surface area contributed by atoms with Gasteiger partial charge in [0.25, 0.3) is 5.91 Å². The molecule has 0 saturated carbocycles. The van der Waals surface area contributed by atoms with Crippen LogP contribution in [0.25, 0.3) is 0 Å². The molecule has 0 spiro atoms. The molecule has 1 aliphatic rings. The molecule has 3 rings (SSSR count). The van der Waals surface area contributed by atoms with E-state index in [0.717, 1.165) is 22.7 Å². The molecule has 0 aromatic heterocycles. The molecule has 2 aromatic rings. The molecule has 1 heterocycles. The molecule has 0 aliphatic carbocycles. The lowest BCUT2D eigenvalue weighted by Crippen LogP contribution is -2.37. The molecule has 21 heavy (non-hydrogen) atoms. The van der Waals surface area contributed by atoms with E-state index < -0.39 is 6.10 Å². The Morgan fingerprint density at radius 2 is 1.86 bits per heavy atom. The molecule has 0 saturated heterocycles. The third kappa shape index (κ3) is 2.57. The van der Waals surface area contributed by atoms with Gasteiger partial charge in [-0.1, -0.05) is 18.2 Å². The van der Waals surface area contributed by atoms with E-state index in [0.29, 0.717) is 6.54 Å². The van der Waals surface area contributed by atoms with Crippen molar-refractivity contribution >= 4 is 11.6 Å². The molecular weight excluding hydrogens is 266 g/mol. The zero-order valence-electron chi connectivity index (χ0n) is 12.1. The normalized spacial score (nSPS) is 17.7. The number of nitrogens with zero attached hydrogens (tertiary/aromatic N) is 1. The van der Waals surface area contributed by atoms with Crippen molar-refractivity contribution in [2.24, 2.45) is 0 Å². The topological polar surface area (TPSA) is 38.8 Å². The highest BCUT2D eigenvalue weighted by molar-refractivity contribution is 5.97. The van der Waals surface area contributed by atoms with Gasteiger partial charge in [0.1, 0.15) is 11.5 Å². The van der Waals surface area contributed by atoms with Crippen LogP contribution >= 0.6 is 0 Å². The zero-order valence-corrected chi connectivity index (χ0v) is 12.1. The van der Waals surface area contributed by atoms with Gasteiger partial charge in [0.15, 0.2) is 6.10 Å². The third-order valence-corrected chi connectivity index (χ3v) is 3.60. The summed E-state index contributed by atoms with van der Waals surface area (Å²) in [5.41, 5.74) is 1.85. The Bertz CT molecular complexity index is 651. The molecule has 1 aliphatic heterocycles. The standard InChI is InChI=1S/C17H17NO3/c1-12-17(19)18(14-7-9-15(20-2)10-8-14)11-13-5-3-4-6-16(13)21-12/h3-10,12H,11H2,1-2H3/t12-/m0/s1. The van der Waals surface area contributed by atoms with E-state index in [9.17, 15) is 4.79 Å².